The monoisotopic (exact) mass is 477 g/mol. The van der Waals surface area contributed by atoms with Crippen molar-refractivity contribution in [2.24, 2.45) is 0 Å². The van der Waals surface area contributed by atoms with Crippen molar-refractivity contribution in [2.45, 2.75) is 45.4 Å². The Kier molecular flexibility index (Phi) is 8.25. The fourth-order valence-electron chi connectivity index (χ4n) is 3.37. The fourth-order valence-corrected chi connectivity index (χ4v) is 3.37. The van der Waals surface area contributed by atoms with Gasteiger partial charge in [0.25, 0.3) is 5.91 Å². The van der Waals surface area contributed by atoms with Crippen molar-refractivity contribution in [1.29, 1.82) is 0 Å². The molecule has 2 aromatic carbocycles. The molecule has 0 radical (unpaired) electrons. The molecule has 0 saturated carbocycles. The van der Waals surface area contributed by atoms with Gasteiger partial charge in [-0.3, -0.25) is 9.59 Å². The van der Waals surface area contributed by atoms with E-state index < -0.39 is 23.6 Å². The number of benzene rings is 2. The second kappa shape index (κ2) is 11.3. The maximum Gasteiger partial charge on any atom is 0.408 e. The smallest absolute Gasteiger partial charge is 0.408 e. The van der Waals surface area contributed by atoms with Crippen LogP contribution in [0.15, 0.2) is 67.1 Å². The third kappa shape index (κ3) is 7.99. The lowest BCUT2D eigenvalue weighted by Gasteiger charge is -2.23. The standard InChI is InChI=1S/C26H31N5O4/c1-26(2,3)35-25(34)30-22(24(33)29-20-12-8-11-19(13-20)23(32)27-4)14-21-16-31(17-28-21)15-18-9-6-5-7-10-18/h5-13,16-17,22H,14-15H2,1-4H3,(H,27,32)(H,29,33)(H,30,34)/t22-/m0/s1. The first kappa shape index (κ1) is 25.5. The first-order valence-corrected chi connectivity index (χ1v) is 11.3. The van der Waals surface area contributed by atoms with E-state index in [-0.39, 0.29) is 12.3 Å². The predicted molar refractivity (Wildman–Crippen MR) is 133 cm³/mol. The molecular formula is C26H31N5O4. The molecule has 0 aliphatic rings. The number of ether oxygens (including phenoxy) is 1. The number of imidazole rings is 1. The molecule has 0 aliphatic carbocycles. The van der Waals surface area contributed by atoms with Crippen molar-refractivity contribution in [2.75, 3.05) is 12.4 Å². The topological polar surface area (TPSA) is 114 Å². The number of hydrogen-bond acceptors (Lipinski definition) is 5. The largest absolute Gasteiger partial charge is 0.444 e. The minimum atomic E-state index is -0.950. The lowest BCUT2D eigenvalue weighted by atomic mass is 10.1. The molecule has 3 rings (SSSR count). The fraction of sp³-hybridized carbons (Fsp3) is 0.308. The van der Waals surface area contributed by atoms with E-state index >= 15 is 0 Å². The lowest BCUT2D eigenvalue weighted by Crippen LogP contribution is -2.47. The number of alkyl carbamates (subject to hydrolysis) is 1. The van der Waals surface area contributed by atoms with E-state index in [1.165, 1.54) is 7.05 Å². The number of aromatic nitrogens is 2. The Morgan fingerprint density at radius 3 is 2.49 bits per heavy atom. The summed E-state index contributed by atoms with van der Waals surface area (Å²) in [5.41, 5.74) is 1.87. The summed E-state index contributed by atoms with van der Waals surface area (Å²) in [6.07, 6.45) is 2.98. The molecule has 1 atom stereocenters. The first-order chi connectivity index (χ1) is 16.6. The maximum atomic E-state index is 13.2. The molecule has 9 heteroatoms. The third-order valence-corrected chi connectivity index (χ3v) is 4.93. The van der Waals surface area contributed by atoms with Gasteiger partial charge in [-0.2, -0.15) is 0 Å². The molecule has 35 heavy (non-hydrogen) atoms. The van der Waals surface area contributed by atoms with Gasteiger partial charge in [-0.05, 0) is 44.5 Å². The van der Waals surface area contributed by atoms with Crippen LogP contribution in [0.1, 0.15) is 42.4 Å². The molecular weight excluding hydrogens is 446 g/mol. The number of anilines is 1. The molecule has 0 bridgehead atoms. The van der Waals surface area contributed by atoms with Gasteiger partial charge >= 0.3 is 6.09 Å². The molecule has 3 N–H and O–H groups in total. The molecule has 9 nitrogen and oxygen atoms in total. The van der Waals surface area contributed by atoms with E-state index in [4.69, 9.17) is 4.74 Å². The quantitative estimate of drug-likeness (QED) is 0.460. The van der Waals surface area contributed by atoms with Gasteiger partial charge in [0.15, 0.2) is 0 Å². The van der Waals surface area contributed by atoms with Crippen LogP contribution in [0.5, 0.6) is 0 Å². The first-order valence-electron chi connectivity index (χ1n) is 11.3. The Morgan fingerprint density at radius 2 is 1.80 bits per heavy atom. The normalized spacial score (nSPS) is 11.9. The molecule has 0 unspecified atom stereocenters. The number of rotatable bonds is 8. The van der Waals surface area contributed by atoms with Crippen molar-refractivity contribution < 1.29 is 19.1 Å². The molecule has 0 saturated heterocycles. The van der Waals surface area contributed by atoms with Gasteiger partial charge in [0.1, 0.15) is 11.6 Å². The highest BCUT2D eigenvalue weighted by molar-refractivity contribution is 5.99. The average Bonchev–Trinajstić information content (AvgIpc) is 3.24. The second-order valence-electron chi connectivity index (χ2n) is 9.08. The van der Waals surface area contributed by atoms with Crippen LogP contribution < -0.4 is 16.0 Å². The molecule has 0 spiro atoms. The van der Waals surface area contributed by atoms with Crippen LogP contribution in [0.2, 0.25) is 0 Å². The van der Waals surface area contributed by atoms with Gasteiger partial charge in [-0.15, -0.1) is 0 Å². The zero-order chi connectivity index (χ0) is 25.4. The Bertz CT molecular complexity index is 1170. The van der Waals surface area contributed by atoms with Crippen LogP contribution in [-0.2, 0) is 22.5 Å². The minimum Gasteiger partial charge on any atom is -0.444 e. The second-order valence-corrected chi connectivity index (χ2v) is 9.08. The number of nitrogens with one attached hydrogen (secondary N) is 3. The Labute approximate surface area is 204 Å². The number of hydrogen-bond donors (Lipinski definition) is 3. The summed E-state index contributed by atoms with van der Waals surface area (Å²) in [5, 5.41) is 7.97. The molecule has 0 fully saturated rings. The highest BCUT2D eigenvalue weighted by Gasteiger charge is 2.26. The van der Waals surface area contributed by atoms with Crippen molar-refractivity contribution in [1.82, 2.24) is 20.2 Å². The highest BCUT2D eigenvalue weighted by atomic mass is 16.6. The summed E-state index contributed by atoms with van der Waals surface area (Å²) in [5.74, 6) is -0.726. The van der Waals surface area contributed by atoms with Crippen molar-refractivity contribution in [3.8, 4) is 0 Å². The summed E-state index contributed by atoms with van der Waals surface area (Å²) in [6.45, 7) is 5.88. The van der Waals surface area contributed by atoms with E-state index in [1.54, 1.807) is 51.4 Å². The summed E-state index contributed by atoms with van der Waals surface area (Å²) in [6, 6.07) is 15.5. The van der Waals surface area contributed by atoms with Gasteiger partial charge in [-0.1, -0.05) is 36.4 Å². The maximum absolute atomic E-state index is 13.2. The zero-order valence-corrected chi connectivity index (χ0v) is 20.4. The van der Waals surface area contributed by atoms with E-state index in [2.05, 4.69) is 20.9 Å². The lowest BCUT2D eigenvalue weighted by molar-refractivity contribution is -0.118. The van der Waals surface area contributed by atoms with Crippen LogP contribution in [0.4, 0.5) is 10.5 Å². The molecule has 1 heterocycles. The molecule has 3 aromatic rings. The predicted octanol–water partition coefficient (Wildman–Crippen LogP) is 3.37. The van der Waals surface area contributed by atoms with Gasteiger partial charge in [0.05, 0.1) is 12.0 Å². The van der Waals surface area contributed by atoms with E-state index in [0.29, 0.717) is 23.5 Å². The molecule has 3 amide bonds. The van der Waals surface area contributed by atoms with Crippen LogP contribution >= 0.6 is 0 Å². The van der Waals surface area contributed by atoms with Crippen molar-refractivity contribution >= 4 is 23.6 Å². The summed E-state index contributed by atoms with van der Waals surface area (Å²) < 4.78 is 7.26. The third-order valence-electron chi connectivity index (χ3n) is 4.93. The molecule has 1 aromatic heterocycles. The number of carbonyl (C=O) groups is 3. The van der Waals surface area contributed by atoms with E-state index in [0.717, 1.165) is 5.56 Å². The summed E-state index contributed by atoms with van der Waals surface area (Å²) in [4.78, 5) is 41.9. The SMILES string of the molecule is CNC(=O)c1cccc(NC(=O)[C@H](Cc2cn(Cc3ccccc3)cn2)NC(=O)OC(C)(C)C)c1. The van der Waals surface area contributed by atoms with Crippen LogP contribution in [0.3, 0.4) is 0 Å². The molecule has 0 aliphatic heterocycles. The Hall–Kier alpha value is -4.14. The van der Waals surface area contributed by atoms with E-state index in [1.807, 2.05) is 41.1 Å². The van der Waals surface area contributed by atoms with Crippen LogP contribution in [0.25, 0.3) is 0 Å². The number of nitrogens with zero attached hydrogens (tertiary/aromatic N) is 2. The van der Waals surface area contributed by atoms with Gasteiger partial charge in [0.2, 0.25) is 5.91 Å². The van der Waals surface area contributed by atoms with Crippen molar-refractivity contribution in [3.63, 3.8) is 0 Å². The Morgan fingerprint density at radius 1 is 1.06 bits per heavy atom. The Balaban J connectivity index is 1.75. The number of carbonyl (C=O) groups excluding carboxylic acids is 3. The van der Waals surface area contributed by atoms with Gasteiger partial charge in [0, 0.05) is 37.5 Å². The number of amides is 3. The average molecular weight is 478 g/mol. The molecule has 184 valence electrons. The van der Waals surface area contributed by atoms with Crippen LogP contribution in [-0.4, -0.2) is 46.1 Å². The van der Waals surface area contributed by atoms with Crippen molar-refractivity contribution in [3.05, 3.63) is 83.9 Å². The van der Waals surface area contributed by atoms with Crippen LogP contribution in [0, 0.1) is 0 Å². The minimum absolute atomic E-state index is 0.155. The van der Waals surface area contributed by atoms with Gasteiger partial charge < -0.3 is 25.3 Å². The van der Waals surface area contributed by atoms with Gasteiger partial charge in [-0.25, -0.2) is 9.78 Å². The summed E-state index contributed by atoms with van der Waals surface area (Å²) in [7, 11) is 1.53. The summed E-state index contributed by atoms with van der Waals surface area (Å²) >= 11 is 0. The van der Waals surface area contributed by atoms with E-state index in [9.17, 15) is 14.4 Å². The highest BCUT2D eigenvalue weighted by Crippen LogP contribution is 2.13. The zero-order valence-electron chi connectivity index (χ0n) is 20.4.